The standard InChI is InChI=1S/C20H24FN3O6/c1-10-6-23(7-11(2)29-10)17-13(8-25)5-14-18(16(17)21)30-22-19(14)24-15(12(3)27-4)9-28-20(24)26/h5,8,10-12,15H,6-7,9H2,1-4H3. The molecule has 3 heterocycles. The van der Waals surface area contributed by atoms with Crippen molar-refractivity contribution < 1.29 is 32.7 Å². The molecule has 2 aromatic rings. The van der Waals surface area contributed by atoms with E-state index in [9.17, 15) is 9.59 Å². The van der Waals surface area contributed by atoms with Crippen LogP contribution < -0.4 is 9.80 Å². The predicted molar refractivity (Wildman–Crippen MR) is 106 cm³/mol. The van der Waals surface area contributed by atoms with Crippen molar-refractivity contribution in [2.24, 2.45) is 0 Å². The number of anilines is 2. The maximum atomic E-state index is 15.5. The summed E-state index contributed by atoms with van der Waals surface area (Å²) in [5, 5.41) is 4.16. The molecule has 30 heavy (non-hydrogen) atoms. The van der Waals surface area contributed by atoms with E-state index in [1.807, 2.05) is 13.8 Å². The Morgan fingerprint density at radius 1 is 1.33 bits per heavy atom. The molecule has 4 unspecified atom stereocenters. The van der Waals surface area contributed by atoms with Gasteiger partial charge >= 0.3 is 6.09 Å². The predicted octanol–water partition coefficient (Wildman–Crippen LogP) is 2.75. The minimum Gasteiger partial charge on any atom is -0.447 e. The number of methoxy groups -OCH3 is 1. The molecule has 1 aromatic carbocycles. The second-order valence-corrected chi connectivity index (χ2v) is 7.75. The Labute approximate surface area is 172 Å². The van der Waals surface area contributed by atoms with Crippen molar-refractivity contribution in [1.29, 1.82) is 0 Å². The van der Waals surface area contributed by atoms with Crippen LogP contribution in [-0.2, 0) is 14.2 Å². The Morgan fingerprint density at radius 3 is 2.67 bits per heavy atom. The molecule has 0 spiro atoms. The summed E-state index contributed by atoms with van der Waals surface area (Å²) >= 11 is 0. The molecule has 9 nitrogen and oxygen atoms in total. The van der Waals surface area contributed by atoms with Gasteiger partial charge in [0.05, 0.1) is 29.4 Å². The smallest absolute Gasteiger partial charge is 0.416 e. The maximum absolute atomic E-state index is 15.5. The first kappa shape index (κ1) is 20.5. The molecule has 4 rings (SSSR count). The number of carbonyl (C=O) groups is 2. The monoisotopic (exact) mass is 421 g/mol. The summed E-state index contributed by atoms with van der Waals surface area (Å²) < 4.78 is 37.0. The van der Waals surface area contributed by atoms with E-state index in [1.54, 1.807) is 11.8 Å². The van der Waals surface area contributed by atoms with E-state index in [1.165, 1.54) is 18.1 Å². The van der Waals surface area contributed by atoms with Gasteiger partial charge in [0.15, 0.2) is 17.9 Å². The summed E-state index contributed by atoms with van der Waals surface area (Å²) in [6, 6.07) is 1.04. The molecular formula is C20H24FN3O6. The molecule has 0 bridgehead atoms. The van der Waals surface area contributed by atoms with Gasteiger partial charge in [0, 0.05) is 25.8 Å². The van der Waals surface area contributed by atoms with Crippen molar-refractivity contribution in [2.75, 3.05) is 36.6 Å². The first-order valence-electron chi connectivity index (χ1n) is 9.81. The molecule has 2 aliphatic rings. The fraction of sp³-hybridized carbons (Fsp3) is 0.550. The number of halogens is 1. The number of fused-ring (bicyclic) bond motifs is 1. The van der Waals surface area contributed by atoms with Gasteiger partial charge in [0.2, 0.25) is 5.58 Å². The molecule has 162 valence electrons. The van der Waals surface area contributed by atoms with E-state index in [2.05, 4.69) is 5.16 Å². The van der Waals surface area contributed by atoms with Crippen LogP contribution in [-0.4, -0.2) is 68.7 Å². The number of amides is 1. The van der Waals surface area contributed by atoms with Crippen molar-refractivity contribution in [1.82, 2.24) is 5.16 Å². The van der Waals surface area contributed by atoms with Crippen LogP contribution in [0, 0.1) is 5.82 Å². The summed E-state index contributed by atoms with van der Waals surface area (Å²) in [6.45, 7) is 6.54. The fourth-order valence-electron chi connectivity index (χ4n) is 4.16. The summed E-state index contributed by atoms with van der Waals surface area (Å²) in [6.07, 6.45) is -0.633. The SMILES string of the molecule is COC(C)C1COC(=O)N1c1noc2c(F)c(N3CC(C)OC(C)C3)c(C=O)cc12. The number of rotatable bonds is 5. The lowest BCUT2D eigenvalue weighted by atomic mass is 10.1. The zero-order valence-electron chi connectivity index (χ0n) is 17.3. The molecule has 4 atom stereocenters. The Morgan fingerprint density at radius 2 is 2.03 bits per heavy atom. The van der Waals surface area contributed by atoms with Gasteiger partial charge in [-0.3, -0.25) is 4.79 Å². The number of benzene rings is 1. The van der Waals surface area contributed by atoms with Crippen molar-refractivity contribution in [3.8, 4) is 0 Å². The summed E-state index contributed by atoms with van der Waals surface area (Å²) in [5.74, 6) is -0.600. The van der Waals surface area contributed by atoms with Crippen molar-refractivity contribution >= 4 is 34.9 Å². The van der Waals surface area contributed by atoms with Crippen LogP contribution in [0.2, 0.25) is 0 Å². The lowest BCUT2D eigenvalue weighted by Crippen LogP contribution is -2.46. The number of ether oxygens (including phenoxy) is 3. The van der Waals surface area contributed by atoms with Crippen molar-refractivity contribution in [2.45, 2.75) is 45.1 Å². The van der Waals surface area contributed by atoms with Crippen LogP contribution in [0.3, 0.4) is 0 Å². The van der Waals surface area contributed by atoms with Gasteiger partial charge in [0.1, 0.15) is 12.6 Å². The zero-order valence-corrected chi connectivity index (χ0v) is 17.3. The molecule has 1 aromatic heterocycles. The average molecular weight is 421 g/mol. The molecule has 1 amide bonds. The quantitative estimate of drug-likeness (QED) is 0.681. The highest BCUT2D eigenvalue weighted by Crippen LogP contribution is 2.38. The third kappa shape index (κ3) is 3.29. The summed E-state index contributed by atoms with van der Waals surface area (Å²) in [7, 11) is 1.52. The van der Waals surface area contributed by atoms with Gasteiger partial charge in [-0.1, -0.05) is 5.16 Å². The normalized spacial score (nSPS) is 25.6. The van der Waals surface area contributed by atoms with Gasteiger partial charge in [-0.25, -0.2) is 14.1 Å². The second-order valence-electron chi connectivity index (χ2n) is 7.75. The molecular weight excluding hydrogens is 397 g/mol. The highest BCUT2D eigenvalue weighted by atomic mass is 19.1. The maximum Gasteiger partial charge on any atom is 0.416 e. The van der Waals surface area contributed by atoms with Crippen LogP contribution >= 0.6 is 0 Å². The van der Waals surface area contributed by atoms with E-state index >= 15 is 4.39 Å². The minimum atomic E-state index is -0.696. The van der Waals surface area contributed by atoms with Crippen LogP contribution in [0.5, 0.6) is 0 Å². The summed E-state index contributed by atoms with van der Waals surface area (Å²) in [5.41, 5.74) is 0.170. The molecule has 10 heteroatoms. The van der Waals surface area contributed by atoms with Crippen LogP contribution in [0.25, 0.3) is 11.0 Å². The summed E-state index contributed by atoms with van der Waals surface area (Å²) in [4.78, 5) is 27.3. The molecule has 0 aliphatic carbocycles. The number of carbonyl (C=O) groups excluding carboxylic acids is 2. The third-order valence-electron chi connectivity index (χ3n) is 5.60. The van der Waals surface area contributed by atoms with Crippen LogP contribution in [0.1, 0.15) is 31.1 Å². The van der Waals surface area contributed by atoms with E-state index in [0.29, 0.717) is 19.4 Å². The van der Waals surface area contributed by atoms with E-state index < -0.39 is 18.0 Å². The molecule has 0 N–H and O–H groups in total. The Bertz CT molecular complexity index is 969. The molecule has 0 radical (unpaired) electrons. The number of aromatic nitrogens is 1. The lowest BCUT2D eigenvalue weighted by molar-refractivity contribution is -0.00543. The third-order valence-corrected chi connectivity index (χ3v) is 5.60. The Hall–Kier alpha value is -2.72. The number of morpholine rings is 1. The fourth-order valence-corrected chi connectivity index (χ4v) is 4.16. The van der Waals surface area contributed by atoms with Gasteiger partial charge in [0.25, 0.3) is 0 Å². The largest absolute Gasteiger partial charge is 0.447 e. The topological polar surface area (TPSA) is 94.3 Å². The first-order chi connectivity index (χ1) is 14.3. The van der Waals surface area contributed by atoms with Crippen molar-refractivity contribution in [3.63, 3.8) is 0 Å². The van der Waals surface area contributed by atoms with E-state index in [4.69, 9.17) is 18.7 Å². The van der Waals surface area contributed by atoms with Crippen LogP contribution in [0.15, 0.2) is 10.6 Å². The van der Waals surface area contributed by atoms with E-state index in [-0.39, 0.29) is 53.0 Å². The number of hydrogen-bond acceptors (Lipinski definition) is 8. The lowest BCUT2D eigenvalue weighted by Gasteiger charge is -2.37. The van der Waals surface area contributed by atoms with Crippen LogP contribution in [0.4, 0.5) is 20.7 Å². The number of nitrogens with zero attached hydrogens (tertiary/aromatic N) is 3. The number of hydrogen-bond donors (Lipinski definition) is 0. The van der Waals surface area contributed by atoms with Crippen molar-refractivity contribution in [3.05, 3.63) is 17.4 Å². The van der Waals surface area contributed by atoms with Gasteiger partial charge in [-0.05, 0) is 26.8 Å². The average Bonchev–Trinajstić information content (AvgIpc) is 3.29. The highest BCUT2D eigenvalue weighted by molar-refractivity contribution is 6.03. The van der Waals surface area contributed by atoms with Gasteiger partial charge in [-0.15, -0.1) is 0 Å². The first-order valence-corrected chi connectivity index (χ1v) is 9.81. The molecule has 0 saturated carbocycles. The minimum absolute atomic E-state index is 0.0960. The van der Waals surface area contributed by atoms with E-state index in [0.717, 1.165) is 0 Å². The van der Waals surface area contributed by atoms with Gasteiger partial charge in [-0.2, -0.15) is 0 Å². The highest BCUT2D eigenvalue weighted by Gasteiger charge is 2.41. The second kappa shape index (κ2) is 7.84. The Kier molecular flexibility index (Phi) is 5.37. The molecule has 2 aliphatic heterocycles. The molecule has 2 saturated heterocycles. The number of cyclic esters (lactones) is 1. The van der Waals surface area contributed by atoms with Gasteiger partial charge < -0.3 is 23.6 Å². The Balaban J connectivity index is 1.82. The molecule has 2 fully saturated rings. The zero-order chi connectivity index (χ0) is 21.6. The number of aldehydes is 1.